The highest BCUT2D eigenvalue weighted by atomic mass is 79.9. The molecule has 21 heavy (non-hydrogen) atoms. The van der Waals surface area contributed by atoms with Crippen molar-refractivity contribution < 1.29 is 8.42 Å². The Bertz CT molecular complexity index is 630. The summed E-state index contributed by atoms with van der Waals surface area (Å²) in [6.45, 7) is 0. The monoisotopic (exact) mass is 369 g/mol. The highest BCUT2D eigenvalue weighted by molar-refractivity contribution is 9.10. The second-order valence-electron chi connectivity index (χ2n) is 7.04. The van der Waals surface area contributed by atoms with Gasteiger partial charge in [-0.2, -0.15) is 0 Å². The summed E-state index contributed by atoms with van der Waals surface area (Å²) < 4.78 is 29.1. The molecule has 1 N–H and O–H groups in total. The normalized spacial score (nSPS) is 37.9. The first-order chi connectivity index (χ1) is 10.0. The lowest BCUT2D eigenvalue weighted by Gasteiger charge is -2.54. The van der Waals surface area contributed by atoms with Crippen molar-refractivity contribution >= 4 is 26.0 Å². The SMILES string of the molecule is O=S(=O)(NC1C2CC3CC(C2)CC1C3)c1cccc(Br)c1. The summed E-state index contributed by atoms with van der Waals surface area (Å²) in [5.41, 5.74) is 0. The van der Waals surface area contributed by atoms with Gasteiger partial charge in [-0.3, -0.25) is 0 Å². The summed E-state index contributed by atoms with van der Waals surface area (Å²) in [7, 11) is -3.41. The summed E-state index contributed by atoms with van der Waals surface area (Å²) >= 11 is 3.35. The molecular formula is C16H20BrNO2S. The first-order valence-corrected chi connectivity index (χ1v) is 10.1. The van der Waals surface area contributed by atoms with Crippen LogP contribution in [0.4, 0.5) is 0 Å². The van der Waals surface area contributed by atoms with E-state index in [1.807, 2.05) is 6.07 Å². The molecule has 0 aromatic heterocycles. The molecule has 1 aromatic rings. The molecule has 5 heteroatoms. The third-order valence-electron chi connectivity index (χ3n) is 5.62. The van der Waals surface area contributed by atoms with E-state index in [4.69, 9.17) is 0 Å². The Hall–Kier alpha value is -0.390. The highest BCUT2D eigenvalue weighted by Crippen LogP contribution is 2.53. The van der Waals surface area contributed by atoms with E-state index in [2.05, 4.69) is 20.7 Å². The summed E-state index contributed by atoms with van der Waals surface area (Å²) in [6, 6.07) is 7.13. The van der Waals surface area contributed by atoms with Crippen molar-refractivity contribution in [2.45, 2.75) is 43.0 Å². The average molecular weight is 370 g/mol. The van der Waals surface area contributed by atoms with Crippen LogP contribution in [0.25, 0.3) is 0 Å². The molecule has 3 nitrogen and oxygen atoms in total. The van der Waals surface area contributed by atoms with Crippen molar-refractivity contribution in [3.8, 4) is 0 Å². The van der Waals surface area contributed by atoms with Gasteiger partial charge >= 0.3 is 0 Å². The number of nitrogens with one attached hydrogen (secondary N) is 1. The fourth-order valence-electron chi connectivity index (χ4n) is 5.00. The van der Waals surface area contributed by atoms with Gasteiger partial charge in [0.2, 0.25) is 10.0 Å². The Morgan fingerprint density at radius 2 is 1.62 bits per heavy atom. The maximum Gasteiger partial charge on any atom is 0.240 e. The van der Waals surface area contributed by atoms with E-state index in [0.29, 0.717) is 16.7 Å². The fourth-order valence-corrected chi connectivity index (χ4v) is 6.97. The largest absolute Gasteiger partial charge is 0.240 e. The van der Waals surface area contributed by atoms with Crippen molar-refractivity contribution in [1.82, 2.24) is 4.72 Å². The molecule has 0 aliphatic heterocycles. The average Bonchev–Trinajstić information content (AvgIpc) is 2.42. The van der Waals surface area contributed by atoms with Gasteiger partial charge in [0.15, 0.2) is 0 Å². The summed E-state index contributed by atoms with van der Waals surface area (Å²) in [5.74, 6) is 2.84. The van der Waals surface area contributed by atoms with Crippen molar-refractivity contribution in [1.29, 1.82) is 0 Å². The number of rotatable bonds is 3. The molecule has 4 saturated carbocycles. The van der Waals surface area contributed by atoms with Crippen LogP contribution in [0, 0.1) is 23.7 Å². The molecule has 4 bridgehead atoms. The van der Waals surface area contributed by atoms with Crippen LogP contribution >= 0.6 is 15.9 Å². The van der Waals surface area contributed by atoms with Crippen LogP contribution in [-0.2, 0) is 10.0 Å². The molecule has 1 aromatic carbocycles. The van der Waals surface area contributed by atoms with E-state index in [-0.39, 0.29) is 6.04 Å². The van der Waals surface area contributed by atoms with Crippen LogP contribution in [0.3, 0.4) is 0 Å². The minimum Gasteiger partial charge on any atom is -0.208 e. The summed E-state index contributed by atoms with van der Waals surface area (Å²) in [6.07, 6.45) is 6.27. The highest BCUT2D eigenvalue weighted by Gasteiger charge is 2.49. The minimum atomic E-state index is -3.41. The topological polar surface area (TPSA) is 46.2 Å². The zero-order valence-electron chi connectivity index (χ0n) is 11.8. The van der Waals surface area contributed by atoms with E-state index in [1.165, 1.54) is 32.1 Å². The van der Waals surface area contributed by atoms with E-state index in [1.54, 1.807) is 18.2 Å². The third kappa shape index (κ3) is 2.57. The van der Waals surface area contributed by atoms with Crippen molar-refractivity contribution in [2.24, 2.45) is 23.7 Å². The van der Waals surface area contributed by atoms with Crippen molar-refractivity contribution in [2.75, 3.05) is 0 Å². The predicted molar refractivity (Wildman–Crippen MR) is 85.3 cm³/mol. The van der Waals surface area contributed by atoms with Gasteiger partial charge < -0.3 is 0 Å². The van der Waals surface area contributed by atoms with Gasteiger partial charge in [-0.25, -0.2) is 13.1 Å². The smallest absolute Gasteiger partial charge is 0.208 e. The number of benzene rings is 1. The van der Waals surface area contributed by atoms with Gasteiger partial charge in [-0.15, -0.1) is 0 Å². The summed E-state index contributed by atoms with van der Waals surface area (Å²) in [4.78, 5) is 0.366. The van der Waals surface area contributed by atoms with Crippen LogP contribution in [0.2, 0.25) is 0 Å². The first-order valence-electron chi connectivity index (χ1n) is 7.79. The Labute approximate surface area is 134 Å². The lowest BCUT2D eigenvalue weighted by Crippen LogP contribution is -2.55. The predicted octanol–water partition coefficient (Wildman–Crippen LogP) is 3.55. The minimum absolute atomic E-state index is 0.154. The molecule has 4 fully saturated rings. The Morgan fingerprint density at radius 3 is 2.19 bits per heavy atom. The number of hydrogen-bond acceptors (Lipinski definition) is 2. The Kier molecular flexibility index (Phi) is 3.43. The number of sulfonamides is 1. The van der Waals surface area contributed by atoms with Crippen LogP contribution < -0.4 is 4.72 Å². The molecular weight excluding hydrogens is 350 g/mol. The lowest BCUT2D eigenvalue weighted by atomic mass is 9.54. The fraction of sp³-hybridized carbons (Fsp3) is 0.625. The molecule has 0 saturated heterocycles. The standard InChI is InChI=1S/C16H20BrNO2S/c17-14-2-1-3-15(9-14)21(19,20)18-16-12-5-10-4-11(7-12)8-13(16)6-10/h1-3,9-13,16,18H,4-8H2. The summed E-state index contributed by atoms with van der Waals surface area (Å²) in [5, 5.41) is 0. The van der Waals surface area contributed by atoms with Crippen LogP contribution in [-0.4, -0.2) is 14.5 Å². The van der Waals surface area contributed by atoms with Gasteiger partial charge in [-0.05, 0) is 74.0 Å². The van der Waals surface area contributed by atoms with Crippen molar-refractivity contribution in [3.63, 3.8) is 0 Å². The van der Waals surface area contributed by atoms with Crippen LogP contribution in [0.5, 0.6) is 0 Å². The second-order valence-corrected chi connectivity index (χ2v) is 9.66. The molecule has 4 aliphatic carbocycles. The maximum absolute atomic E-state index is 12.6. The van der Waals surface area contributed by atoms with Gasteiger partial charge in [-0.1, -0.05) is 22.0 Å². The molecule has 4 aliphatic rings. The second kappa shape index (κ2) is 5.07. The van der Waals surface area contributed by atoms with Crippen LogP contribution in [0.1, 0.15) is 32.1 Å². The molecule has 0 radical (unpaired) electrons. The molecule has 0 unspecified atom stereocenters. The Morgan fingerprint density at radius 1 is 1.00 bits per heavy atom. The first kappa shape index (κ1) is 14.2. The third-order valence-corrected chi connectivity index (χ3v) is 7.57. The lowest BCUT2D eigenvalue weighted by molar-refractivity contribution is -0.00557. The maximum atomic E-state index is 12.6. The van der Waals surface area contributed by atoms with Gasteiger partial charge in [0, 0.05) is 10.5 Å². The zero-order chi connectivity index (χ0) is 14.6. The molecule has 5 rings (SSSR count). The molecule has 114 valence electrons. The zero-order valence-corrected chi connectivity index (χ0v) is 14.2. The molecule has 0 atom stereocenters. The van der Waals surface area contributed by atoms with E-state index in [0.717, 1.165) is 16.3 Å². The Balaban J connectivity index is 1.58. The molecule has 0 spiro atoms. The van der Waals surface area contributed by atoms with E-state index < -0.39 is 10.0 Å². The van der Waals surface area contributed by atoms with Crippen molar-refractivity contribution in [3.05, 3.63) is 28.7 Å². The molecule has 0 amide bonds. The molecule has 0 heterocycles. The number of hydrogen-bond donors (Lipinski definition) is 1. The van der Waals surface area contributed by atoms with Gasteiger partial charge in [0.1, 0.15) is 0 Å². The van der Waals surface area contributed by atoms with E-state index >= 15 is 0 Å². The number of halogens is 1. The quantitative estimate of drug-likeness (QED) is 0.885. The van der Waals surface area contributed by atoms with Gasteiger partial charge in [0.25, 0.3) is 0 Å². The van der Waals surface area contributed by atoms with Gasteiger partial charge in [0.05, 0.1) is 4.90 Å². The van der Waals surface area contributed by atoms with E-state index in [9.17, 15) is 8.42 Å². The van der Waals surface area contributed by atoms with Crippen LogP contribution in [0.15, 0.2) is 33.6 Å².